The summed E-state index contributed by atoms with van der Waals surface area (Å²) in [7, 11) is 0. The third-order valence-electron chi connectivity index (χ3n) is 5.47. The Morgan fingerprint density at radius 2 is 2.03 bits per heavy atom. The summed E-state index contributed by atoms with van der Waals surface area (Å²) in [5.74, 6) is -0.318. The van der Waals surface area contributed by atoms with Crippen molar-refractivity contribution in [2.45, 2.75) is 39.3 Å². The maximum atomic E-state index is 13.4. The zero-order chi connectivity index (χ0) is 22.3. The molecule has 0 aliphatic carbocycles. The van der Waals surface area contributed by atoms with Crippen LogP contribution < -0.4 is 16.6 Å². The Bertz CT molecular complexity index is 1290. The molecule has 10 heteroatoms. The Kier molecular flexibility index (Phi) is 6.25. The summed E-state index contributed by atoms with van der Waals surface area (Å²) in [5, 5.41) is 3.79. The van der Waals surface area contributed by atoms with E-state index < -0.39 is 11.2 Å². The van der Waals surface area contributed by atoms with Crippen molar-refractivity contribution in [2.75, 3.05) is 13.2 Å². The Labute approximate surface area is 192 Å². The SMILES string of the molecule is Cc1sc2c(c1C)c(=O)n(-c1ccc(Cl)c(Cl)c1)c(=O)n2CC(=O)NCC1CCCO1. The average Bonchev–Trinajstić information content (AvgIpc) is 3.35. The van der Waals surface area contributed by atoms with Gasteiger partial charge in [-0.25, -0.2) is 9.36 Å². The predicted molar refractivity (Wildman–Crippen MR) is 123 cm³/mol. The quantitative estimate of drug-likeness (QED) is 0.604. The number of hydrogen-bond donors (Lipinski definition) is 1. The van der Waals surface area contributed by atoms with Crippen molar-refractivity contribution in [3.8, 4) is 5.69 Å². The van der Waals surface area contributed by atoms with Crippen LogP contribution >= 0.6 is 34.5 Å². The number of nitrogens with zero attached hydrogens (tertiary/aromatic N) is 2. The van der Waals surface area contributed by atoms with E-state index in [4.69, 9.17) is 27.9 Å². The number of nitrogens with one attached hydrogen (secondary N) is 1. The molecule has 3 aromatic rings. The van der Waals surface area contributed by atoms with E-state index in [-0.39, 0.29) is 23.6 Å². The topological polar surface area (TPSA) is 82.3 Å². The van der Waals surface area contributed by atoms with Gasteiger partial charge >= 0.3 is 5.69 Å². The molecule has 1 N–H and O–H groups in total. The molecular formula is C21H21Cl2N3O4S. The largest absolute Gasteiger partial charge is 0.376 e. The summed E-state index contributed by atoms with van der Waals surface area (Å²) in [6, 6.07) is 4.55. The average molecular weight is 482 g/mol. The second-order valence-electron chi connectivity index (χ2n) is 7.51. The van der Waals surface area contributed by atoms with Crippen molar-refractivity contribution < 1.29 is 9.53 Å². The van der Waals surface area contributed by atoms with Crippen LogP contribution in [0.15, 0.2) is 27.8 Å². The Morgan fingerprint density at radius 3 is 2.71 bits per heavy atom. The minimum Gasteiger partial charge on any atom is -0.376 e. The van der Waals surface area contributed by atoms with E-state index in [2.05, 4.69) is 5.32 Å². The lowest BCUT2D eigenvalue weighted by Gasteiger charge is -2.14. The standard InChI is InChI=1S/C21H21Cl2N3O4S/c1-11-12(2)31-20-18(11)19(28)26(13-5-6-15(22)16(23)8-13)21(29)25(20)10-17(27)24-9-14-4-3-7-30-14/h5-6,8,14H,3-4,7,9-10H2,1-2H3,(H,24,27). The smallest absolute Gasteiger partial charge is 0.337 e. The second-order valence-corrected chi connectivity index (χ2v) is 9.53. The molecule has 0 bridgehead atoms. The minimum atomic E-state index is -0.607. The van der Waals surface area contributed by atoms with Crippen LogP contribution in [0.2, 0.25) is 10.0 Å². The third-order valence-corrected chi connectivity index (χ3v) is 7.43. The number of thiophene rings is 1. The summed E-state index contributed by atoms with van der Waals surface area (Å²) in [5.41, 5.74) is 0.0241. The fraction of sp³-hybridized carbons (Fsp3) is 0.381. The van der Waals surface area contributed by atoms with Crippen molar-refractivity contribution >= 4 is 50.7 Å². The highest BCUT2D eigenvalue weighted by Gasteiger charge is 2.22. The third kappa shape index (κ3) is 4.17. The van der Waals surface area contributed by atoms with Crippen LogP contribution in [-0.2, 0) is 16.1 Å². The normalized spacial score (nSPS) is 16.2. The molecule has 2 aromatic heterocycles. The van der Waals surface area contributed by atoms with E-state index in [0.717, 1.165) is 27.8 Å². The van der Waals surface area contributed by atoms with Crippen LogP contribution in [0.25, 0.3) is 15.9 Å². The number of hydrogen-bond acceptors (Lipinski definition) is 5. The molecule has 3 heterocycles. The predicted octanol–water partition coefficient (Wildman–Crippen LogP) is 3.43. The molecule has 0 spiro atoms. The van der Waals surface area contributed by atoms with Crippen LogP contribution in [0.4, 0.5) is 0 Å². The summed E-state index contributed by atoms with van der Waals surface area (Å²) in [4.78, 5) is 40.7. The molecule has 164 valence electrons. The first-order valence-electron chi connectivity index (χ1n) is 9.87. The van der Waals surface area contributed by atoms with Crippen molar-refractivity contribution in [1.29, 1.82) is 0 Å². The Hall–Kier alpha value is -2.13. The number of rotatable bonds is 5. The van der Waals surface area contributed by atoms with E-state index in [0.29, 0.717) is 34.1 Å². The molecule has 1 amide bonds. The van der Waals surface area contributed by atoms with Gasteiger partial charge in [-0.15, -0.1) is 11.3 Å². The van der Waals surface area contributed by atoms with Crippen LogP contribution in [0, 0.1) is 13.8 Å². The van der Waals surface area contributed by atoms with Gasteiger partial charge in [0.05, 0.1) is 27.2 Å². The number of fused-ring (bicyclic) bond motifs is 1. The van der Waals surface area contributed by atoms with Gasteiger partial charge in [-0.05, 0) is 50.5 Å². The second kappa shape index (κ2) is 8.78. The minimum absolute atomic E-state index is 0.00270. The monoisotopic (exact) mass is 481 g/mol. The van der Waals surface area contributed by atoms with E-state index in [9.17, 15) is 14.4 Å². The number of halogens is 2. The molecule has 1 atom stereocenters. The summed E-state index contributed by atoms with van der Waals surface area (Å²) in [6.45, 7) is 4.61. The first kappa shape index (κ1) is 22.1. The Morgan fingerprint density at radius 1 is 1.26 bits per heavy atom. The maximum absolute atomic E-state index is 13.4. The highest BCUT2D eigenvalue weighted by molar-refractivity contribution is 7.18. The van der Waals surface area contributed by atoms with Gasteiger partial charge in [0.25, 0.3) is 5.56 Å². The van der Waals surface area contributed by atoms with Crippen molar-refractivity contribution in [2.24, 2.45) is 0 Å². The van der Waals surface area contributed by atoms with Crippen molar-refractivity contribution in [1.82, 2.24) is 14.5 Å². The highest BCUT2D eigenvalue weighted by atomic mass is 35.5. The van der Waals surface area contributed by atoms with E-state index in [1.54, 1.807) is 6.07 Å². The van der Waals surface area contributed by atoms with Gasteiger partial charge in [0.1, 0.15) is 11.4 Å². The maximum Gasteiger partial charge on any atom is 0.337 e. The van der Waals surface area contributed by atoms with Crippen LogP contribution in [0.1, 0.15) is 23.3 Å². The summed E-state index contributed by atoms with van der Waals surface area (Å²) < 4.78 is 7.91. The van der Waals surface area contributed by atoms with Gasteiger partial charge in [0, 0.05) is 18.0 Å². The molecule has 1 aliphatic rings. The van der Waals surface area contributed by atoms with Crippen LogP contribution in [0.3, 0.4) is 0 Å². The summed E-state index contributed by atoms with van der Waals surface area (Å²) in [6.07, 6.45) is 1.87. The molecule has 7 nitrogen and oxygen atoms in total. The van der Waals surface area contributed by atoms with Gasteiger partial charge in [0.2, 0.25) is 5.91 Å². The molecule has 0 radical (unpaired) electrons. The zero-order valence-electron chi connectivity index (χ0n) is 17.0. The molecule has 31 heavy (non-hydrogen) atoms. The van der Waals surface area contributed by atoms with Gasteiger partial charge < -0.3 is 10.1 Å². The van der Waals surface area contributed by atoms with E-state index in [1.165, 1.54) is 28.0 Å². The molecule has 1 aromatic carbocycles. The lowest BCUT2D eigenvalue weighted by Crippen LogP contribution is -2.42. The Balaban J connectivity index is 1.81. The zero-order valence-corrected chi connectivity index (χ0v) is 19.4. The molecule has 1 fully saturated rings. The van der Waals surface area contributed by atoms with E-state index >= 15 is 0 Å². The molecule has 1 saturated heterocycles. The number of ether oxygens (including phenoxy) is 1. The van der Waals surface area contributed by atoms with Gasteiger partial charge in [-0.3, -0.25) is 14.2 Å². The lowest BCUT2D eigenvalue weighted by atomic mass is 10.2. The number of carbonyl (C=O) groups excluding carboxylic acids is 1. The molecule has 1 aliphatic heterocycles. The number of benzene rings is 1. The number of carbonyl (C=O) groups is 1. The molecule has 0 saturated carbocycles. The number of aromatic nitrogens is 2. The number of amides is 1. The number of aryl methyl sites for hydroxylation is 2. The van der Waals surface area contributed by atoms with Gasteiger partial charge in [0.15, 0.2) is 0 Å². The molecular weight excluding hydrogens is 461 g/mol. The van der Waals surface area contributed by atoms with E-state index in [1.807, 2.05) is 13.8 Å². The van der Waals surface area contributed by atoms with Gasteiger partial charge in [-0.1, -0.05) is 23.2 Å². The summed E-state index contributed by atoms with van der Waals surface area (Å²) >= 11 is 13.4. The fourth-order valence-corrected chi connectivity index (χ4v) is 5.11. The first-order chi connectivity index (χ1) is 14.8. The van der Waals surface area contributed by atoms with Crippen molar-refractivity contribution in [3.05, 3.63) is 59.5 Å². The molecule has 1 unspecified atom stereocenters. The van der Waals surface area contributed by atoms with Crippen LogP contribution in [0.5, 0.6) is 0 Å². The fourth-order valence-electron chi connectivity index (χ4n) is 3.68. The lowest BCUT2D eigenvalue weighted by molar-refractivity contribution is -0.122. The van der Waals surface area contributed by atoms with Gasteiger partial charge in [-0.2, -0.15) is 0 Å². The van der Waals surface area contributed by atoms with Crippen molar-refractivity contribution in [3.63, 3.8) is 0 Å². The van der Waals surface area contributed by atoms with Crippen LogP contribution in [-0.4, -0.2) is 34.3 Å². The first-order valence-corrected chi connectivity index (χ1v) is 11.4. The highest BCUT2D eigenvalue weighted by Crippen LogP contribution is 2.28. The molecule has 4 rings (SSSR count).